The second-order valence-corrected chi connectivity index (χ2v) is 5.44. The Bertz CT molecular complexity index is 659. The molecule has 1 aromatic heterocycles. The molecule has 0 saturated carbocycles. The molecule has 0 atom stereocenters. The van der Waals surface area contributed by atoms with Crippen molar-refractivity contribution in [1.29, 1.82) is 0 Å². The lowest BCUT2D eigenvalue weighted by atomic mass is 10.1. The molecule has 5 heteroatoms. The summed E-state index contributed by atoms with van der Waals surface area (Å²) in [6.45, 7) is 5.35. The molecular formula is C15H17N3O2. The fourth-order valence-corrected chi connectivity index (χ4v) is 1.78. The van der Waals surface area contributed by atoms with E-state index >= 15 is 0 Å². The number of hydrogen-bond acceptors (Lipinski definition) is 3. The molecule has 0 spiro atoms. The van der Waals surface area contributed by atoms with Crippen molar-refractivity contribution in [3.63, 3.8) is 0 Å². The molecule has 0 unspecified atom stereocenters. The Morgan fingerprint density at radius 3 is 2.60 bits per heavy atom. The molecule has 0 aliphatic carbocycles. The van der Waals surface area contributed by atoms with Crippen LogP contribution in [0, 0.1) is 0 Å². The number of benzene rings is 1. The van der Waals surface area contributed by atoms with Gasteiger partial charge in [0.15, 0.2) is 0 Å². The third-order valence-electron chi connectivity index (χ3n) is 2.74. The topological polar surface area (TPSA) is 65.8 Å². The number of fused-ring (bicyclic) bond motifs is 1. The lowest BCUT2D eigenvalue weighted by molar-refractivity contribution is 0.103. The van der Waals surface area contributed by atoms with E-state index in [1.54, 1.807) is 20.8 Å². The number of nitrogens with zero attached hydrogens (tertiary/aromatic N) is 3. The zero-order valence-corrected chi connectivity index (χ0v) is 11.7. The lowest BCUT2D eigenvalue weighted by Gasteiger charge is -2.27. The van der Waals surface area contributed by atoms with Gasteiger partial charge in [0.25, 0.3) is 0 Å². The van der Waals surface area contributed by atoms with Gasteiger partial charge in [-0.1, -0.05) is 24.3 Å². The second kappa shape index (κ2) is 5.28. The molecule has 2 rings (SSSR count). The second-order valence-electron chi connectivity index (χ2n) is 5.44. The first kappa shape index (κ1) is 14.0. The van der Waals surface area contributed by atoms with Crippen LogP contribution in [0.25, 0.3) is 10.9 Å². The highest BCUT2D eigenvalue weighted by Gasteiger charge is 2.25. The number of carbonyl (C=O) groups is 1. The quantitative estimate of drug-likeness (QED) is 0.673. The number of hydrazone groups is 1. The Morgan fingerprint density at radius 2 is 1.95 bits per heavy atom. The first-order chi connectivity index (χ1) is 9.38. The minimum absolute atomic E-state index is 0.598. The van der Waals surface area contributed by atoms with Crippen molar-refractivity contribution in [2.45, 2.75) is 26.3 Å². The molecule has 0 radical (unpaired) electrons. The standard InChI is InChI=1S/C15H17N3O2/c1-15(2,3)18(14(19)20)16-10-12-9-8-11-6-4-5-7-13(11)17-12/h4-10H,1-3H3,(H,19,20)/b16-10-. The summed E-state index contributed by atoms with van der Waals surface area (Å²) < 4.78 is 0. The Hall–Kier alpha value is -2.43. The van der Waals surface area contributed by atoms with Crippen LogP contribution in [-0.4, -0.2) is 32.9 Å². The van der Waals surface area contributed by atoms with Crippen molar-refractivity contribution < 1.29 is 9.90 Å². The largest absolute Gasteiger partial charge is 0.464 e. The monoisotopic (exact) mass is 271 g/mol. The first-order valence-electron chi connectivity index (χ1n) is 6.31. The van der Waals surface area contributed by atoms with Crippen LogP contribution in [0.1, 0.15) is 26.5 Å². The number of rotatable bonds is 2. The van der Waals surface area contributed by atoms with Gasteiger partial charge in [-0.25, -0.2) is 9.78 Å². The van der Waals surface area contributed by atoms with Gasteiger partial charge in [0.1, 0.15) is 0 Å². The number of hydrogen-bond donors (Lipinski definition) is 1. The Balaban J connectivity index is 2.30. The smallest absolute Gasteiger partial charge is 0.428 e. The van der Waals surface area contributed by atoms with Crippen LogP contribution < -0.4 is 0 Å². The van der Waals surface area contributed by atoms with Crippen LogP contribution in [0.2, 0.25) is 0 Å². The Kier molecular flexibility index (Phi) is 3.70. The van der Waals surface area contributed by atoms with Crippen molar-refractivity contribution in [2.75, 3.05) is 0 Å². The van der Waals surface area contributed by atoms with Crippen molar-refractivity contribution in [2.24, 2.45) is 5.10 Å². The van der Waals surface area contributed by atoms with Crippen molar-refractivity contribution >= 4 is 23.2 Å². The molecule has 104 valence electrons. The predicted molar refractivity (Wildman–Crippen MR) is 79.0 cm³/mol. The van der Waals surface area contributed by atoms with Crippen LogP contribution in [0.3, 0.4) is 0 Å². The molecule has 0 aliphatic rings. The maximum atomic E-state index is 11.2. The van der Waals surface area contributed by atoms with Gasteiger partial charge in [-0.2, -0.15) is 10.1 Å². The fourth-order valence-electron chi connectivity index (χ4n) is 1.78. The molecule has 0 saturated heterocycles. The summed E-state index contributed by atoms with van der Waals surface area (Å²) >= 11 is 0. The zero-order valence-electron chi connectivity index (χ0n) is 11.7. The van der Waals surface area contributed by atoms with Crippen molar-refractivity contribution in [3.8, 4) is 0 Å². The average Bonchev–Trinajstić information content (AvgIpc) is 2.36. The highest BCUT2D eigenvalue weighted by Crippen LogP contribution is 2.14. The number of aromatic nitrogens is 1. The van der Waals surface area contributed by atoms with Crippen LogP contribution in [0.4, 0.5) is 4.79 Å². The van der Waals surface area contributed by atoms with Gasteiger partial charge < -0.3 is 5.11 Å². The highest BCUT2D eigenvalue weighted by molar-refractivity contribution is 5.85. The minimum Gasteiger partial charge on any atom is -0.464 e. The van der Waals surface area contributed by atoms with E-state index in [2.05, 4.69) is 10.1 Å². The Morgan fingerprint density at radius 1 is 1.25 bits per heavy atom. The molecule has 1 N–H and O–H groups in total. The van der Waals surface area contributed by atoms with Gasteiger partial charge >= 0.3 is 6.09 Å². The molecule has 2 aromatic rings. The van der Waals surface area contributed by atoms with E-state index in [4.69, 9.17) is 5.11 Å². The third kappa shape index (κ3) is 3.12. The summed E-state index contributed by atoms with van der Waals surface area (Å²) in [6.07, 6.45) is 0.376. The van der Waals surface area contributed by atoms with E-state index < -0.39 is 11.6 Å². The van der Waals surface area contributed by atoms with Gasteiger partial charge in [0.2, 0.25) is 0 Å². The number of pyridine rings is 1. The van der Waals surface area contributed by atoms with Crippen LogP contribution in [-0.2, 0) is 0 Å². The van der Waals surface area contributed by atoms with Gasteiger partial charge in [-0.3, -0.25) is 0 Å². The lowest BCUT2D eigenvalue weighted by Crippen LogP contribution is -2.41. The molecule has 1 heterocycles. The number of para-hydroxylation sites is 1. The van der Waals surface area contributed by atoms with E-state index in [1.165, 1.54) is 6.21 Å². The van der Waals surface area contributed by atoms with Gasteiger partial charge in [-0.15, -0.1) is 0 Å². The van der Waals surface area contributed by atoms with Crippen LogP contribution in [0.15, 0.2) is 41.5 Å². The van der Waals surface area contributed by atoms with Crippen LogP contribution in [0.5, 0.6) is 0 Å². The highest BCUT2D eigenvalue weighted by atomic mass is 16.4. The average molecular weight is 271 g/mol. The SMILES string of the molecule is CC(C)(C)N(/N=C\c1ccc2ccccc2n1)C(=O)O. The van der Waals surface area contributed by atoms with E-state index in [0.717, 1.165) is 15.9 Å². The minimum atomic E-state index is -1.09. The maximum absolute atomic E-state index is 11.2. The number of amides is 1. The molecule has 1 aromatic carbocycles. The molecule has 0 bridgehead atoms. The molecule has 5 nitrogen and oxygen atoms in total. The summed E-state index contributed by atoms with van der Waals surface area (Å²) in [5.41, 5.74) is 0.882. The molecule has 0 aliphatic heterocycles. The summed E-state index contributed by atoms with van der Waals surface area (Å²) in [6, 6.07) is 11.5. The third-order valence-corrected chi connectivity index (χ3v) is 2.74. The molecule has 20 heavy (non-hydrogen) atoms. The van der Waals surface area contributed by atoms with Gasteiger partial charge in [0, 0.05) is 5.39 Å². The predicted octanol–water partition coefficient (Wildman–Crippen LogP) is 3.35. The van der Waals surface area contributed by atoms with Gasteiger partial charge in [-0.05, 0) is 32.9 Å². The fraction of sp³-hybridized carbons (Fsp3) is 0.267. The molecule has 0 fully saturated rings. The maximum Gasteiger partial charge on any atom is 0.428 e. The first-order valence-corrected chi connectivity index (χ1v) is 6.31. The van der Waals surface area contributed by atoms with Crippen molar-refractivity contribution in [1.82, 2.24) is 9.99 Å². The van der Waals surface area contributed by atoms with Crippen LogP contribution >= 0.6 is 0 Å². The molecular weight excluding hydrogens is 254 g/mol. The summed E-state index contributed by atoms with van der Waals surface area (Å²) in [5.74, 6) is 0. The van der Waals surface area contributed by atoms with Crippen molar-refractivity contribution in [3.05, 3.63) is 42.1 Å². The zero-order chi connectivity index (χ0) is 14.8. The number of carboxylic acid groups (broad SMARTS) is 1. The van der Waals surface area contributed by atoms with E-state index in [-0.39, 0.29) is 0 Å². The summed E-state index contributed by atoms with van der Waals surface area (Å²) in [4.78, 5) is 15.6. The van der Waals surface area contributed by atoms with E-state index in [1.807, 2.05) is 36.4 Å². The van der Waals surface area contributed by atoms with Gasteiger partial charge in [0.05, 0.1) is 23.0 Å². The summed E-state index contributed by atoms with van der Waals surface area (Å²) in [5, 5.41) is 15.2. The Labute approximate surface area is 117 Å². The van der Waals surface area contributed by atoms with E-state index in [9.17, 15) is 4.79 Å². The molecule has 1 amide bonds. The summed E-state index contributed by atoms with van der Waals surface area (Å²) in [7, 11) is 0. The normalized spacial score (nSPS) is 11.9. The van der Waals surface area contributed by atoms with E-state index in [0.29, 0.717) is 5.69 Å².